The first-order chi connectivity index (χ1) is 11.9. The number of carbonyl (C=O) groups is 2. The lowest BCUT2D eigenvalue weighted by Gasteiger charge is -2.12. The van der Waals surface area contributed by atoms with Gasteiger partial charge in [-0.05, 0) is 42.9 Å². The summed E-state index contributed by atoms with van der Waals surface area (Å²) in [6.07, 6.45) is 3.25. The number of amides is 2. The van der Waals surface area contributed by atoms with Gasteiger partial charge in [0.15, 0.2) is 0 Å². The van der Waals surface area contributed by atoms with Crippen LogP contribution < -0.4 is 16.8 Å². The fourth-order valence-corrected chi connectivity index (χ4v) is 2.35. The molecule has 25 heavy (non-hydrogen) atoms. The smallest absolute Gasteiger partial charge is 0.219 e. The fraction of sp³-hybridized carbons (Fsp3) is 0.556. The Kier molecular flexibility index (Phi) is 9.72. The minimum atomic E-state index is -0.386. The number of nitrogens with one attached hydrogen (secondary N) is 1. The Morgan fingerprint density at radius 3 is 2.68 bits per heavy atom. The van der Waals surface area contributed by atoms with E-state index in [9.17, 15) is 14.0 Å². The van der Waals surface area contributed by atoms with Gasteiger partial charge in [-0.25, -0.2) is 4.39 Å². The van der Waals surface area contributed by atoms with E-state index in [1.807, 2.05) is 6.07 Å². The molecule has 0 aliphatic heterocycles. The molecule has 140 valence electrons. The van der Waals surface area contributed by atoms with Crippen molar-refractivity contribution >= 4 is 11.8 Å². The van der Waals surface area contributed by atoms with Crippen LogP contribution in [-0.4, -0.2) is 31.5 Å². The zero-order valence-electron chi connectivity index (χ0n) is 14.7. The van der Waals surface area contributed by atoms with Gasteiger partial charge in [0.25, 0.3) is 0 Å². The van der Waals surface area contributed by atoms with E-state index in [0.717, 1.165) is 18.4 Å². The van der Waals surface area contributed by atoms with Crippen LogP contribution in [-0.2, 0) is 27.4 Å². The van der Waals surface area contributed by atoms with Crippen LogP contribution in [0.15, 0.2) is 18.2 Å². The molecule has 0 spiro atoms. The molecule has 1 atom stereocenters. The molecule has 0 saturated carbocycles. The van der Waals surface area contributed by atoms with Crippen molar-refractivity contribution < 1.29 is 18.7 Å². The largest absolute Gasteiger partial charge is 0.375 e. The maximum absolute atomic E-state index is 14.1. The molecule has 0 aliphatic rings. The normalized spacial score (nSPS) is 12.0. The lowest BCUT2D eigenvalue weighted by Crippen LogP contribution is -2.28. The third-order valence-corrected chi connectivity index (χ3v) is 3.86. The van der Waals surface area contributed by atoms with Crippen LogP contribution in [0, 0.1) is 5.82 Å². The van der Waals surface area contributed by atoms with Crippen LogP contribution in [0.3, 0.4) is 0 Å². The molecule has 0 heterocycles. The number of hydrogen-bond acceptors (Lipinski definition) is 4. The van der Waals surface area contributed by atoms with E-state index in [1.54, 1.807) is 13.1 Å². The van der Waals surface area contributed by atoms with Gasteiger partial charge in [-0.15, -0.1) is 0 Å². The molecule has 1 unspecified atom stereocenters. The average molecular weight is 353 g/mol. The Morgan fingerprint density at radius 2 is 2.04 bits per heavy atom. The third-order valence-electron chi connectivity index (χ3n) is 3.86. The molecule has 1 aromatic rings. The van der Waals surface area contributed by atoms with Crippen LogP contribution in [0.4, 0.5) is 4.39 Å². The quantitative estimate of drug-likeness (QED) is 0.494. The summed E-state index contributed by atoms with van der Waals surface area (Å²) in [5, 5.41) is 2.56. The zero-order chi connectivity index (χ0) is 18.7. The highest BCUT2D eigenvalue weighted by molar-refractivity contribution is 5.75. The van der Waals surface area contributed by atoms with E-state index in [4.69, 9.17) is 16.2 Å². The van der Waals surface area contributed by atoms with Gasteiger partial charge in [-0.1, -0.05) is 12.1 Å². The van der Waals surface area contributed by atoms with Gasteiger partial charge < -0.3 is 21.5 Å². The summed E-state index contributed by atoms with van der Waals surface area (Å²) in [6.45, 7) is 0.550. The number of halogens is 1. The maximum atomic E-state index is 14.1. The minimum Gasteiger partial charge on any atom is -0.375 e. The number of primary amides is 1. The SMILES string of the molecule is CNC(=O)CCCCc1ccc(COCC(N)CCC(N)=O)cc1F. The van der Waals surface area contributed by atoms with Gasteiger partial charge in [0, 0.05) is 25.9 Å². The summed E-state index contributed by atoms with van der Waals surface area (Å²) in [7, 11) is 1.60. The summed E-state index contributed by atoms with van der Waals surface area (Å²) >= 11 is 0. The first-order valence-corrected chi connectivity index (χ1v) is 8.52. The predicted octanol–water partition coefficient (Wildman–Crippen LogP) is 1.39. The number of carbonyl (C=O) groups excluding carboxylic acids is 2. The van der Waals surface area contributed by atoms with Crippen molar-refractivity contribution in [2.75, 3.05) is 13.7 Å². The Balaban J connectivity index is 2.32. The number of ether oxygens (including phenoxy) is 1. The van der Waals surface area contributed by atoms with Gasteiger partial charge in [0.1, 0.15) is 5.82 Å². The van der Waals surface area contributed by atoms with Crippen LogP contribution in [0.25, 0.3) is 0 Å². The first kappa shape index (κ1) is 21.1. The van der Waals surface area contributed by atoms with Crippen LogP contribution in [0.5, 0.6) is 0 Å². The molecule has 0 radical (unpaired) electrons. The Morgan fingerprint density at radius 1 is 1.28 bits per heavy atom. The molecule has 0 aliphatic carbocycles. The maximum Gasteiger partial charge on any atom is 0.219 e. The molecule has 1 aromatic carbocycles. The second-order valence-corrected chi connectivity index (χ2v) is 6.09. The molecule has 7 heteroatoms. The van der Waals surface area contributed by atoms with Crippen molar-refractivity contribution in [1.29, 1.82) is 0 Å². The van der Waals surface area contributed by atoms with E-state index in [2.05, 4.69) is 5.32 Å². The van der Waals surface area contributed by atoms with E-state index in [0.29, 0.717) is 24.8 Å². The highest BCUT2D eigenvalue weighted by Gasteiger charge is 2.07. The van der Waals surface area contributed by atoms with Crippen molar-refractivity contribution in [2.24, 2.45) is 11.5 Å². The zero-order valence-corrected chi connectivity index (χ0v) is 14.7. The Hall–Kier alpha value is -1.99. The van der Waals surface area contributed by atoms with E-state index < -0.39 is 0 Å². The number of hydrogen-bond donors (Lipinski definition) is 3. The molecule has 0 saturated heterocycles. The lowest BCUT2D eigenvalue weighted by atomic mass is 10.0. The van der Waals surface area contributed by atoms with Gasteiger partial charge in [-0.3, -0.25) is 9.59 Å². The second-order valence-electron chi connectivity index (χ2n) is 6.09. The number of rotatable bonds is 12. The Bertz CT molecular complexity index is 566. The summed E-state index contributed by atoms with van der Waals surface area (Å²) in [5.41, 5.74) is 12.2. The molecular formula is C18H28FN3O3. The topological polar surface area (TPSA) is 107 Å². The third kappa shape index (κ3) is 9.16. The summed E-state index contributed by atoms with van der Waals surface area (Å²) in [6, 6.07) is 4.77. The van der Waals surface area contributed by atoms with E-state index in [-0.39, 0.29) is 43.3 Å². The molecule has 1 rings (SSSR count). The fourth-order valence-electron chi connectivity index (χ4n) is 2.35. The highest BCUT2D eigenvalue weighted by Crippen LogP contribution is 2.15. The van der Waals surface area contributed by atoms with Gasteiger partial charge in [-0.2, -0.15) is 0 Å². The number of aryl methyl sites for hydroxylation is 1. The van der Waals surface area contributed by atoms with Gasteiger partial charge in [0.05, 0.1) is 13.2 Å². The second kappa shape index (κ2) is 11.5. The number of nitrogens with two attached hydrogens (primary N) is 2. The molecule has 5 N–H and O–H groups in total. The van der Waals surface area contributed by atoms with Crippen molar-refractivity contribution in [2.45, 2.75) is 51.2 Å². The number of benzene rings is 1. The number of unbranched alkanes of at least 4 members (excludes halogenated alkanes) is 1. The first-order valence-electron chi connectivity index (χ1n) is 8.52. The van der Waals surface area contributed by atoms with Gasteiger partial charge >= 0.3 is 0 Å². The van der Waals surface area contributed by atoms with Gasteiger partial charge in [0.2, 0.25) is 11.8 Å². The minimum absolute atomic E-state index is 0.00186. The molecule has 6 nitrogen and oxygen atoms in total. The molecule has 0 bridgehead atoms. The Labute approximate surface area is 148 Å². The molecule has 0 aromatic heterocycles. The summed E-state index contributed by atoms with van der Waals surface area (Å²) in [4.78, 5) is 21.8. The standard InChI is InChI=1S/C18H28FN3O3/c1-22-18(24)5-3-2-4-14-7-6-13(10-16(14)19)11-25-12-15(20)8-9-17(21)23/h6-7,10,15H,2-5,8-9,11-12,20H2,1H3,(H2,21,23)(H,22,24). The average Bonchev–Trinajstić information content (AvgIpc) is 2.58. The summed E-state index contributed by atoms with van der Waals surface area (Å²) < 4.78 is 19.5. The molecular weight excluding hydrogens is 325 g/mol. The van der Waals surface area contributed by atoms with Crippen molar-refractivity contribution in [3.63, 3.8) is 0 Å². The van der Waals surface area contributed by atoms with Crippen LogP contribution in [0.2, 0.25) is 0 Å². The lowest BCUT2D eigenvalue weighted by molar-refractivity contribution is -0.120. The van der Waals surface area contributed by atoms with E-state index in [1.165, 1.54) is 6.07 Å². The summed E-state index contributed by atoms with van der Waals surface area (Å²) in [5.74, 6) is -0.649. The predicted molar refractivity (Wildman–Crippen MR) is 94.1 cm³/mol. The molecule has 2 amide bonds. The van der Waals surface area contributed by atoms with Crippen LogP contribution >= 0.6 is 0 Å². The van der Waals surface area contributed by atoms with Crippen LogP contribution in [0.1, 0.15) is 43.2 Å². The van der Waals surface area contributed by atoms with Crippen molar-refractivity contribution in [3.8, 4) is 0 Å². The molecule has 0 fully saturated rings. The van der Waals surface area contributed by atoms with Crippen molar-refractivity contribution in [1.82, 2.24) is 5.32 Å². The van der Waals surface area contributed by atoms with E-state index >= 15 is 0 Å². The monoisotopic (exact) mass is 353 g/mol. The van der Waals surface area contributed by atoms with Crippen molar-refractivity contribution in [3.05, 3.63) is 35.1 Å². The highest BCUT2D eigenvalue weighted by atomic mass is 19.1.